The maximum Gasteiger partial charge on any atom is 0.229 e. The maximum atomic E-state index is 11.5. The lowest BCUT2D eigenvalue weighted by molar-refractivity contribution is 0.165. The van der Waals surface area contributed by atoms with E-state index in [9.17, 15) is 13.5 Å². The van der Waals surface area contributed by atoms with Crippen LogP contribution < -0.4 is 0 Å². The molecule has 0 radical (unpaired) electrons. The average Bonchev–Trinajstić information content (AvgIpc) is 3.03. The molecule has 0 amide bonds. The highest BCUT2D eigenvalue weighted by Crippen LogP contribution is 2.21. The third-order valence-corrected chi connectivity index (χ3v) is 4.69. The lowest BCUT2D eigenvalue weighted by atomic mass is 10.1. The summed E-state index contributed by atoms with van der Waals surface area (Å²) in [6.45, 7) is 0. The van der Waals surface area contributed by atoms with E-state index in [0.717, 1.165) is 11.8 Å². The van der Waals surface area contributed by atoms with Gasteiger partial charge in [-0.1, -0.05) is 35.5 Å². The van der Waals surface area contributed by atoms with Crippen molar-refractivity contribution in [3.05, 3.63) is 66.1 Å². The Hall–Kier alpha value is -2.51. The lowest BCUT2D eigenvalue weighted by Gasteiger charge is -2.07. The first-order valence-electron chi connectivity index (χ1n) is 7.29. The Balaban J connectivity index is 1.76. The van der Waals surface area contributed by atoms with Crippen LogP contribution in [0.5, 0.6) is 0 Å². The van der Waals surface area contributed by atoms with Crippen LogP contribution >= 0.6 is 0 Å². The van der Waals surface area contributed by atoms with Gasteiger partial charge in [-0.3, -0.25) is 0 Å². The van der Waals surface area contributed by atoms with Gasteiger partial charge in [0.15, 0.2) is 9.84 Å². The van der Waals surface area contributed by atoms with E-state index < -0.39 is 15.9 Å². The Bertz CT molecular complexity index is 919. The third-order valence-electron chi connectivity index (χ3n) is 3.56. The van der Waals surface area contributed by atoms with Crippen LogP contribution in [0.1, 0.15) is 17.6 Å². The summed E-state index contributed by atoms with van der Waals surface area (Å²) in [5.41, 5.74) is 1.42. The summed E-state index contributed by atoms with van der Waals surface area (Å²) >= 11 is 0. The van der Waals surface area contributed by atoms with Gasteiger partial charge in [0.25, 0.3) is 0 Å². The molecule has 0 aliphatic rings. The van der Waals surface area contributed by atoms with Gasteiger partial charge in [-0.15, -0.1) is 0 Å². The lowest BCUT2D eigenvalue weighted by Crippen LogP contribution is -2.01. The highest BCUT2D eigenvalue weighted by molar-refractivity contribution is 7.90. The standard InChI is InChI=1S/C17H16N2O4S/c1-24(21,22)14-9-7-13(8-10-14)17-18-16(23-19-17)11-15(20)12-5-3-2-4-6-12/h2-10,15,20H,11H2,1H3/t15-/m0/s1. The van der Waals surface area contributed by atoms with E-state index in [1.807, 2.05) is 30.3 Å². The summed E-state index contributed by atoms with van der Waals surface area (Å²) in [7, 11) is -3.24. The van der Waals surface area contributed by atoms with Crippen LogP contribution in [0.15, 0.2) is 64.0 Å². The van der Waals surface area contributed by atoms with Crippen molar-refractivity contribution >= 4 is 9.84 Å². The van der Waals surface area contributed by atoms with Crippen molar-refractivity contribution in [1.82, 2.24) is 10.1 Å². The molecule has 0 aliphatic heterocycles. The Morgan fingerprint density at radius 1 is 1.08 bits per heavy atom. The van der Waals surface area contributed by atoms with Crippen LogP contribution in [0.2, 0.25) is 0 Å². The topological polar surface area (TPSA) is 93.3 Å². The number of aromatic nitrogens is 2. The molecule has 1 N–H and O–H groups in total. The second-order valence-corrected chi connectivity index (χ2v) is 7.45. The molecular weight excluding hydrogens is 328 g/mol. The highest BCUT2D eigenvalue weighted by atomic mass is 32.2. The van der Waals surface area contributed by atoms with Crippen molar-refractivity contribution < 1.29 is 18.0 Å². The van der Waals surface area contributed by atoms with E-state index in [-0.39, 0.29) is 11.3 Å². The second kappa shape index (κ2) is 6.54. The van der Waals surface area contributed by atoms with E-state index in [0.29, 0.717) is 17.3 Å². The molecule has 0 aliphatic carbocycles. The zero-order valence-corrected chi connectivity index (χ0v) is 13.8. The van der Waals surface area contributed by atoms with Crippen LogP contribution in [-0.2, 0) is 16.3 Å². The third kappa shape index (κ3) is 3.69. The molecule has 2 aromatic carbocycles. The minimum absolute atomic E-state index is 0.207. The summed E-state index contributed by atoms with van der Waals surface area (Å²) in [5, 5.41) is 14.1. The van der Waals surface area contributed by atoms with E-state index in [1.165, 1.54) is 12.1 Å². The van der Waals surface area contributed by atoms with Crippen molar-refractivity contribution in [3.8, 4) is 11.4 Å². The van der Waals surface area contributed by atoms with Crippen LogP contribution in [-0.4, -0.2) is 29.9 Å². The monoisotopic (exact) mass is 344 g/mol. The molecule has 6 nitrogen and oxygen atoms in total. The van der Waals surface area contributed by atoms with Gasteiger partial charge in [-0.05, 0) is 29.8 Å². The molecule has 0 saturated carbocycles. The number of hydrogen-bond acceptors (Lipinski definition) is 6. The molecule has 7 heteroatoms. The molecule has 124 valence electrons. The largest absolute Gasteiger partial charge is 0.388 e. The summed E-state index contributed by atoms with van der Waals surface area (Å²) in [6, 6.07) is 15.5. The minimum atomic E-state index is -3.24. The van der Waals surface area contributed by atoms with Gasteiger partial charge in [-0.2, -0.15) is 4.98 Å². The fraction of sp³-hybridized carbons (Fsp3) is 0.176. The van der Waals surface area contributed by atoms with Crippen LogP contribution in [0, 0.1) is 0 Å². The quantitative estimate of drug-likeness (QED) is 0.764. The molecule has 0 fully saturated rings. The fourth-order valence-corrected chi connectivity index (χ4v) is 2.90. The molecule has 1 atom stereocenters. The van der Waals surface area contributed by atoms with E-state index in [1.54, 1.807) is 12.1 Å². The number of hydrogen-bond donors (Lipinski definition) is 1. The van der Waals surface area contributed by atoms with Crippen molar-refractivity contribution in [2.24, 2.45) is 0 Å². The molecular formula is C17H16N2O4S. The van der Waals surface area contributed by atoms with Gasteiger partial charge < -0.3 is 9.63 Å². The predicted molar refractivity (Wildman–Crippen MR) is 87.9 cm³/mol. The van der Waals surface area contributed by atoms with E-state index in [4.69, 9.17) is 4.52 Å². The highest BCUT2D eigenvalue weighted by Gasteiger charge is 2.15. The summed E-state index contributed by atoms with van der Waals surface area (Å²) in [4.78, 5) is 4.48. The first-order valence-corrected chi connectivity index (χ1v) is 9.19. The summed E-state index contributed by atoms with van der Waals surface area (Å²) in [5.74, 6) is 0.666. The zero-order valence-electron chi connectivity index (χ0n) is 13.0. The second-order valence-electron chi connectivity index (χ2n) is 5.44. The molecule has 24 heavy (non-hydrogen) atoms. The first-order chi connectivity index (χ1) is 11.4. The van der Waals surface area contributed by atoms with Crippen LogP contribution in [0.4, 0.5) is 0 Å². The molecule has 0 bridgehead atoms. The zero-order chi connectivity index (χ0) is 17.2. The average molecular weight is 344 g/mol. The number of sulfone groups is 1. The number of aliphatic hydroxyl groups is 1. The van der Waals surface area contributed by atoms with Crippen molar-refractivity contribution in [1.29, 1.82) is 0 Å². The van der Waals surface area contributed by atoms with Crippen molar-refractivity contribution in [2.75, 3.05) is 6.26 Å². The first kappa shape index (κ1) is 16.4. The van der Waals surface area contributed by atoms with Gasteiger partial charge in [-0.25, -0.2) is 8.42 Å². The molecule has 0 unspecified atom stereocenters. The number of benzene rings is 2. The molecule has 0 saturated heterocycles. The SMILES string of the molecule is CS(=O)(=O)c1ccc(-c2noc(C[C@H](O)c3ccccc3)n2)cc1. The van der Waals surface area contributed by atoms with Gasteiger partial charge in [0.2, 0.25) is 11.7 Å². The van der Waals surface area contributed by atoms with Crippen molar-refractivity contribution in [2.45, 2.75) is 17.4 Å². The molecule has 1 aromatic heterocycles. The van der Waals surface area contributed by atoms with E-state index in [2.05, 4.69) is 10.1 Å². The van der Waals surface area contributed by atoms with Gasteiger partial charge in [0.1, 0.15) is 0 Å². The van der Waals surface area contributed by atoms with Gasteiger partial charge in [0, 0.05) is 11.8 Å². The Labute approximate surface area is 139 Å². The predicted octanol–water partition coefficient (Wildman–Crippen LogP) is 2.42. The number of nitrogens with zero attached hydrogens (tertiary/aromatic N) is 2. The number of rotatable bonds is 5. The Morgan fingerprint density at radius 3 is 2.38 bits per heavy atom. The Morgan fingerprint density at radius 2 is 1.75 bits per heavy atom. The molecule has 3 rings (SSSR count). The maximum absolute atomic E-state index is 11.5. The summed E-state index contributed by atoms with van der Waals surface area (Å²) < 4.78 is 28.1. The fourth-order valence-electron chi connectivity index (χ4n) is 2.26. The Kier molecular flexibility index (Phi) is 4.46. The van der Waals surface area contributed by atoms with Crippen LogP contribution in [0.25, 0.3) is 11.4 Å². The van der Waals surface area contributed by atoms with Gasteiger partial charge in [0.05, 0.1) is 17.4 Å². The van der Waals surface area contributed by atoms with E-state index >= 15 is 0 Å². The minimum Gasteiger partial charge on any atom is -0.388 e. The summed E-state index contributed by atoms with van der Waals surface area (Å²) in [6.07, 6.45) is 0.629. The van der Waals surface area contributed by atoms with Crippen molar-refractivity contribution in [3.63, 3.8) is 0 Å². The smallest absolute Gasteiger partial charge is 0.229 e. The molecule has 0 spiro atoms. The van der Waals surface area contributed by atoms with Gasteiger partial charge >= 0.3 is 0 Å². The normalized spacial score (nSPS) is 12.9. The van der Waals surface area contributed by atoms with Crippen LogP contribution in [0.3, 0.4) is 0 Å². The molecule has 3 aromatic rings. The number of aliphatic hydroxyl groups excluding tert-OH is 1. The molecule has 1 heterocycles.